The van der Waals surface area contributed by atoms with Crippen molar-refractivity contribution in [1.29, 1.82) is 5.26 Å². The third-order valence-electron chi connectivity index (χ3n) is 2.84. The predicted octanol–water partition coefficient (Wildman–Crippen LogP) is 3.45. The highest BCUT2D eigenvalue weighted by Crippen LogP contribution is 2.36. The van der Waals surface area contributed by atoms with Crippen LogP contribution in [0.25, 0.3) is 0 Å². The number of anilines is 1. The molecule has 1 heterocycles. The first-order valence-corrected chi connectivity index (χ1v) is 7.33. The van der Waals surface area contributed by atoms with Crippen molar-refractivity contribution in [3.05, 3.63) is 40.5 Å². The van der Waals surface area contributed by atoms with Crippen LogP contribution in [-0.2, 0) is 0 Å². The van der Waals surface area contributed by atoms with Crippen LogP contribution in [-0.4, -0.2) is 17.1 Å². The molecule has 0 aliphatic carbocycles. The standard InChI is InChI=1S/C14H13ClN4OS/c1-8(9-3-4-12(20-2)11(15)5-9)21-14-18-7-10(6-16)13(17)19-14/h3-5,7-8H,1-2H3,(H2,17,18,19)/t8-/m1/s1. The number of halogens is 1. The number of aromatic nitrogens is 2. The van der Waals surface area contributed by atoms with E-state index in [0.717, 1.165) is 5.56 Å². The zero-order valence-electron chi connectivity index (χ0n) is 11.5. The number of ether oxygens (including phenoxy) is 1. The number of hydrogen-bond donors (Lipinski definition) is 1. The van der Waals surface area contributed by atoms with Gasteiger partial charge in [0.05, 0.1) is 18.3 Å². The Labute approximate surface area is 132 Å². The van der Waals surface area contributed by atoms with Gasteiger partial charge in [0.2, 0.25) is 0 Å². The van der Waals surface area contributed by atoms with E-state index in [4.69, 9.17) is 27.3 Å². The maximum atomic E-state index is 8.81. The topological polar surface area (TPSA) is 84.8 Å². The summed E-state index contributed by atoms with van der Waals surface area (Å²) in [6.07, 6.45) is 1.43. The van der Waals surface area contributed by atoms with Gasteiger partial charge in [-0.15, -0.1) is 0 Å². The highest BCUT2D eigenvalue weighted by Gasteiger charge is 2.13. The third kappa shape index (κ3) is 3.57. The summed E-state index contributed by atoms with van der Waals surface area (Å²) in [5, 5.41) is 9.97. The van der Waals surface area contributed by atoms with Crippen LogP contribution >= 0.6 is 23.4 Å². The fourth-order valence-electron chi connectivity index (χ4n) is 1.68. The number of nitriles is 1. The molecular weight excluding hydrogens is 308 g/mol. The summed E-state index contributed by atoms with van der Waals surface area (Å²) >= 11 is 7.56. The summed E-state index contributed by atoms with van der Waals surface area (Å²) in [6.45, 7) is 2.01. The van der Waals surface area contributed by atoms with E-state index in [1.165, 1.54) is 18.0 Å². The number of methoxy groups -OCH3 is 1. The fourth-order valence-corrected chi connectivity index (χ4v) is 2.81. The second kappa shape index (κ2) is 6.66. The van der Waals surface area contributed by atoms with Crippen LogP contribution in [0.15, 0.2) is 29.6 Å². The molecule has 1 aromatic carbocycles. The van der Waals surface area contributed by atoms with Gasteiger partial charge in [-0.2, -0.15) is 5.26 Å². The number of thioether (sulfide) groups is 1. The van der Waals surface area contributed by atoms with Gasteiger partial charge in [-0.25, -0.2) is 9.97 Å². The molecule has 0 unspecified atom stereocenters. The summed E-state index contributed by atoms with van der Waals surface area (Å²) in [6, 6.07) is 7.55. The normalized spacial score (nSPS) is 11.7. The van der Waals surface area contributed by atoms with Gasteiger partial charge < -0.3 is 10.5 Å². The minimum atomic E-state index is 0.0840. The molecule has 0 bridgehead atoms. The van der Waals surface area contributed by atoms with Crippen molar-refractivity contribution in [3.8, 4) is 11.8 Å². The summed E-state index contributed by atoms with van der Waals surface area (Å²) in [5.41, 5.74) is 6.99. The van der Waals surface area contributed by atoms with Crippen LogP contribution in [0.2, 0.25) is 5.02 Å². The number of nitrogen functional groups attached to an aromatic ring is 1. The molecule has 2 rings (SSSR count). The monoisotopic (exact) mass is 320 g/mol. The van der Waals surface area contributed by atoms with Crippen LogP contribution in [0.5, 0.6) is 5.75 Å². The number of nitrogens with two attached hydrogens (primary N) is 1. The van der Waals surface area contributed by atoms with Crippen LogP contribution in [0.4, 0.5) is 5.82 Å². The molecule has 1 aromatic heterocycles. The molecule has 0 radical (unpaired) electrons. The Morgan fingerprint density at radius 3 is 2.81 bits per heavy atom. The molecule has 108 valence electrons. The molecule has 5 nitrogen and oxygen atoms in total. The Bertz CT molecular complexity index is 702. The summed E-state index contributed by atoms with van der Waals surface area (Å²) in [7, 11) is 1.58. The smallest absolute Gasteiger partial charge is 0.190 e. The Balaban J connectivity index is 2.18. The van der Waals surface area contributed by atoms with Crippen molar-refractivity contribution in [2.45, 2.75) is 17.3 Å². The number of benzene rings is 1. The molecule has 0 amide bonds. The molecule has 1 atom stereocenters. The number of rotatable bonds is 4. The molecule has 2 N–H and O–H groups in total. The second-order valence-corrected chi connectivity index (χ2v) is 5.93. The van der Waals surface area contributed by atoms with Gasteiger partial charge in [-0.05, 0) is 24.6 Å². The lowest BCUT2D eigenvalue weighted by Crippen LogP contribution is -1.99. The van der Waals surface area contributed by atoms with E-state index in [9.17, 15) is 0 Å². The second-order valence-electron chi connectivity index (χ2n) is 4.22. The van der Waals surface area contributed by atoms with E-state index in [0.29, 0.717) is 15.9 Å². The lowest BCUT2D eigenvalue weighted by Gasteiger charge is -2.12. The Hall–Kier alpha value is -1.97. The fraction of sp³-hybridized carbons (Fsp3) is 0.214. The van der Waals surface area contributed by atoms with E-state index in [1.807, 2.05) is 31.2 Å². The van der Waals surface area contributed by atoms with Crippen molar-refractivity contribution in [1.82, 2.24) is 9.97 Å². The molecule has 0 aliphatic rings. The lowest BCUT2D eigenvalue weighted by molar-refractivity contribution is 0.415. The first-order chi connectivity index (χ1) is 10.0. The maximum absolute atomic E-state index is 8.81. The van der Waals surface area contributed by atoms with Crippen LogP contribution in [0, 0.1) is 11.3 Å². The molecule has 0 saturated carbocycles. The molecule has 7 heteroatoms. The van der Waals surface area contributed by atoms with Crippen LogP contribution in [0.1, 0.15) is 23.3 Å². The van der Waals surface area contributed by atoms with Gasteiger partial charge in [0.1, 0.15) is 23.2 Å². The van der Waals surface area contributed by atoms with E-state index in [2.05, 4.69) is 9.97 Å². The number of hydrogen-bond acceptors (Lipinski definition) is 6. The average Bonchev–Trinajstić information content (AvgIpc) is 2.47. The molecule has 0 aliphatic heterocycles. The van der Waals surface area contributed by atoms with E-state index >= 15 is 0 Å². The minimum absolute atomic E-state index is 0.0840. The molecule has 0 spiro atoms. The van der Waals surface area contributed by atoms with Crippen molar-refractivity contribution in [2.24, 2.45) is 0 Å². The minimum Gasteiger partial charge on any atom is -0.495 e. The maximum Gasteiger partial charge on any atom is 0.190 e. The van der Waals surface area contributed by atoms with Crippen molar-refractivity contribution in [3.63, 3.8) is 0 Å². The highest BCUT2D eigenvalue weighted by atomic mass is 35.5. The molecule has 2 aromatic rings. The van der Waals surface area contributed by atoms with Crippen LogP contribution < -0.4 is 10.5 Å². The third-order valence-corrected chi connectivity index (χ3v) is 4.17. The molecule has 0 fully saturated rings. The molecule has 21 heavy (non-hydrogen) atoms. The van der Waals surface area contributed by atoms with E-state index < -0.39 is 0 Å². The first-order valence-electron chi connectivity index (χ1n) is 6.08. The lowest BCUT2D eigenvalue weighted by atomic mass is 10.1. The predicted molar refractivity (Wildman–Crippen MR) is 83.4 cm³/mol. The van der Waals surface area contributed by atoms with Crippen LogP contribution in [0.3, 0.4) is 0 Å². The zero-order chi connectivity index (χ0) is 15.4. The quantitative estimate of drug-likeness (QED) is 0.686. The van der Waals surface area contributed by atoms with Gasteiger partial charge in [-0.3, -0.25) is 0 Å². The number of nitrogens with zero attached hydrogens (tertiary/aromatic N) is 3. The summed E-state index contributed by atoms with van der Waals surface area (Å²) in [5.74, 6) is 0.825. The SMILES string of the molecule is COc1ccc([C@@H](C)Sc2ncc(C#N)c(N)n2)cc1Cl. The highest BCUT2D eigenvalue weighted by molar-refractivity contribution is 7.99. The Kier molecular flexibility index (Phi) is 4.89. The average molecular weight is 321 g/mol. The van der Waals surface area contributed by atoms with E-state index in [-0.39, 0.29) is 16.6 Å². The first kappa shape index (κ1) is 15.4. The van der Waals surface area contributed by atoms with Gasteiger partial charge in [-0.1, -0.05) is 29.4 Å². The van der Waals surface area contributed by atoms with E-state index in [1.54, 1.807) is 7.11 Å². The molecule has 0 saturated heterocycles. The van der Waals surface area contributed by atoms with Gasteiger partial charge in [0.25, 0.3) is 0 Å². The zero-order valence-corrected chi connectivity index (χ0v) is 13.1. The molecular formula is C14H13ClN4OS. The van der Waals surface area contributed by atoms with Gasteiger partial charge in [0.15, 0.2) is 5.16 Å². The Morgan fingerprint density at radius 1 is 1.48 bits per heavy atom. The van der Waals surface area contributed by atoms with Gasteiger partial charge in [0, 0.05) is 5.25 Å². The van der Waals surface area contributed by atoms with Gasteiger partial charge >= 0.3 is 0 Å². The summed E-state index contributed by atoms with van der Waals surface area (Å²) in [4.78, 5) is 8.24. The summed E-state index contributed by atoms with van der Waals surface area (Å²) < 4.78 is 5.13. The van der Waals surface area contributed by atoms with Crippen molar-refractivity contribution >= 4 is 29.2 Å². The van der Waals surface area contributed by atoms with Crippen molar-refractivity contribution in [2.75, 3.05) is 12.8 Å². The Morgan fingerprint density at radius 2 is 2.24 bits per heavy atom. The van der Waals surface area contributed by atoms with Crippen molar-refractivity contribution < 1.29 is 4.74 Å². The largest absolute Gasteiger partial charge is 0.495 e.